The van der Waals surface area contributed by atoms with Gasteiger partial charge in [0.1, 0.15) is 17.2 Å². The van der Waals surface area contributed by atoms with Crippen molar-refractivity contribution < 1.29 is 33.1 Å². The monoisotopic (exact) mass is 567 g/mol. The number of aryl methyl sites for hydroxylation is 1. The van der Waals surface area contributed by atoms with E-state index in [4.69, 9.17) is 9.15 Å². The molecule has 1 fully saturated rings. The van der Waals surface area contributed by atoms with E-state index in [2.05, 4.69) is 31.3 Å². The van der Waals surface area contributed by atoms with Crippen LogP contribution in [0.25, 0.3) is 6.08 Å². The molecule has 190 valence electrons. The highest BCUT2D eigenvalue weighted by Gasteiger charge is 2.34. The lowest BCUT2D eigenvalue weighted by Gasteiger charge is -2.12. The number of furan rings is 1. The number of ether oxygens (including phenoxy) is 2. The van der Waals surface area contributed by atoms with Gasteiger partial charge in [-0.05, 0) is 55.0 Å². The van der Waals surface area contributed by atoms with Crippen molar-refractivity contribution >= 4 is 51.5 Å². The van der Waals surface area contributed by atoms with Crippen molar-refractivity contribution in [3.8, 4) is 5.75 Å². The Hall–Kier alpha value is -4.38. The standard InChI is InChI=1S/C26H22BrN3O7/c1-15-5-3-4-6-19(15)28-23(31)14-36-21-9-7-17(27)11-16(21)12-20-24(32)30(26(34)29-20)13-18-8-10-22(37-18)25(33)35-2/h3-12H,13-14H2,1-2H3,(H,28,31)(H,29,34)/b20-12-. The fourth-order valence-electron chi connectivity index (χ4n) is 3.51. The van der Waals surface area contributed by atoms with E-state index < -0.39 is 17.9 Å². The number of nitrogens with zero attached hydrogens (tertiary/aromatic N) is 1. The first-order chi connectivity index (χ1) is 17.7. The number of hydrogen-bond donors (Lipinski definition) is 2. The quantitative estimate of drug-likeness (QED) is 0.236. The first-order valence-electron chi connectivity index (χ1n) is 11.0. The van der Waals surface area contributed by atoms with Crippen molar-refractivity contribution in [2.45, 2.75) is 13.5 Å². The molecule has 0 bridgehead atoms. The first kappa shape index (κ1) is 25.7. The molecule has 4 amide bonds. The van der Waals surface area contributed by atoms with Gasteiger partial charge in [0.25, 0.3) is 11.8 Å². The Morgan fingerprint density at radius 2 is 1.92 bits per heavy atom. The van der Waals surface area contributed by atoms with E-state index in [0.29, 0.717) is 21.5 Å². The summed E-state index contributed by atoms with van der Waals surface area (Å²) in [5.74, 6) is -1.08. The van der Waals surface area contributed by atoms with Crippen LogP contribution in [0.2, 0.25) is 0 Å². The number of anilines is 1. The summed E-state index contributed by atoms with van der Waals surface area (Å²) in [5, 5.41) is 5.32. The third-order valence-corrected chi connectivity index (χ3v) is 5.87. The molecule has 1 aliphatic heterocycles. The van der Waals surface area contributed by atoms with E-state index in [1.165, 1.54) is 25.3 Å². The van der Waals surface area contributed by atoms with Crippen LogP contribution in [0, 0.1) is 6.92 Å². The number of para-hydroxylation sites is 1. The zero-order valence-electron chi connectivity index (χ0n) is 19.9. The van der Waals surface area contributed by atoms with E-state index in [0.717, 1.165) is 10.5 Å². The van der Waals surface area contributed by atoms with Crippen LogP contribution >= 0.6 is 15.9 Å². The number of urea groups is 1. The molecule has 1 aliphatic rings. The van der Waals surface area contributed by atoms with Crippen molar-refractivity contribution in [2.75, 3.05) is 19.0 Å². The largest absolute Gasteiger partial charge is 0.483 e. The topological polar surface area (TPSA) is 127 Å². The van der Waals surface area contributed by atoms with Gasteiger partial charge in [-0.15, -0.1) is 0 Å². The number of imide groups is 1. The van der Waals surface area contributed by atoms with E-state index in [1.54, 1.807) is 24.3 Å². The van der Waals surface area contributed by atoms with Gasteiger partial charge in [0.15, 0.2) is 6.61 Å². The first-order valence-corrected chi connectivity index (χ1v) is 11.8. The van der Waals surface area contributed by atoms with E-state index in [-0.39, 0.29) is 36.3 Å². The lowest BCUT2D eigenvalue weighted by atomic mass is 10.1. The van der Waals surface area contributed by atoms with Gasteiger partial charge in [0.2, 0.25) is 5.76 Å². The van der Waals surface area contributed by atoms with Crippen LogP contribution in [-0.4, -0.2) is 42.4 Å². The summed E-state index contributed by atoms with van der Waals surface area (Å²) in [6.45, 7) is 1.44. The zero-order chi connectivity index (χ0) is 26.5. The van der Waals surface area contributed by atoms with Gasteiger partial charge in [-0.2, -0.15) is 0 Å². The Balaban J connectivity index is 1.47. The lowest BCUT2D eigenvalue weighted by molar-refractivity contribution is -0.123. The molecule has 37 heavy (non-hydrogen) atoms. The van der Waals surface area contributed by atoms with Crippen molar-refractivity contribution in [3.05, 3.63) is 87.4 Å². The highest BCUT2D eigenvalue weighted by molar-refractivity contribution is 9.10. The SMILES string of the molecule is COC(=O)c1ccc(CN2C(=O)N/C(=C\c3cc(Br)ccc3OCC(=O)Nc3ccccc3C)C2=O)o1. The molecule has 0 atom stereocenters. The smallest absolute Gasteiger partial charge is 0.373 e. The molecular formula is C26H22BrN3O7. The average Bonchev–Trinajstić information content (AvgIpc) is 3.45. The van der Waals surface area contributed by atoms with Crippen LogP contribution in [0.3, 0.4) is 0 Å². The third kappa shape index (κ3) is 6.07. The highest BCUT2D eigenvalue weighted by Crippen LogP contribution is 2.27. The summed E-state index contributed by atoms with van der Waals surface area (Å²) >= 11 is 3.38. The summed E-state index contributed by atoms with van der Waals surface area (Å²) in [5.41, 5.74) is 2.08. The second-order valence-corrected chi connectivity index (χ2v) is 8.89. The number of carbonyl (C=O) groups is 4. The van der Waals surface area contributed by atoms with Crippen molar-refractivity contribution in [3.63, 3.8) is 0 Å². The molecule has 1 saturated heterocycles. The number of amides is 4. The molecule has 0 unspecified atom stereocenters. The molecule has 1 aromatic heterocycles. The number of rotatable bonds is 8. The van der Waals surface area contributed by atoms with Gasteiger partial charge in [0.05, 0.1) is 13.7 Å². The van der Waals surface area contributed by atoms with Crippen molar-refractivity contribution in [2.24, 2.45) is 0 Å². The Labute approximate surface area is 220 Å². The summed E-state index contributed by atoms with van der Waals surface area (Å²) in [6.07, 6.45) is 1.46. The minimum Gasteiger partial charge on any atom is -0.483 e. The molecule has 2 N–H and O–H groups in total. The highest BCUT2D eigenvalue weighted by atomic mass is 79.9. The van der Waals surface area contributed by atoms with E-state index in [1.807, 2.05) is 25.1 Å². The molecule has 0 saturated carbocycles. The number of methoxy groups -OCH3 is 1. The molecule has 3 aromatic rings. The molecule has 0 spiro atoms. The minimum absolute atomic E-state index is 0.0112. The summed E-state index contributed by atoms with van der Waals surface area (Å²) in [7, 11) is 1.22. The minimum atomic E-state index is -0.668. The van der Waals surface area contributed by atoms with Gasteiger partial charge in [-0.1, -0.05) is 34.1 Å². The van der Waals surface area contributed by atoms with E-state index >= 15 is 0 Å². The maximum absolute atomic E-state index is 12.9. The lowest BCUT2D eigenvalue weighted by Crippen LogP contribution is -2.30. The number of nitrogens with one attached hydrogen (secondary N) is 2. The van der Waals surface area contributed by atoms with Crippen LogP contribution in [-0.2, 0) is 20.9 Å². The molecule has 11 heteroatoms. The second kappa shape index (κ2) is 11.1. The molecule has 4 rings (SSSR count). The Morgan fingerprint density at radius 3 is 2.68 bits per heavy atom. The van der Waals surface area contributed by atoms with E-state index in [9.17, 15) is 19.2 Å². The van der Waals surface area contributed by atoms with Gasteiger partial charge in [-0.3, -0.25) is 14.5 Å². The Bertz CT molecular complexity index is 1410. The normalized spacial score (nSPS) is 14.0. The van der Waals surface area contributed by atoms with Crippen LogP contribution in [0.15, 0.2) is 69.2 Å². The van der Waals surface area contributed by atoms with Crippen LogP contribution < -0.4 is 15.4 Å². The summed E-state index contributed by atoms with van der Waals surface area (Å²) in [6, 6.07) is 14.7. The zero-order valence-corrected chi connectivity index (χ0v) is 21.5. The van der Waals surface area contributed by atoms with Gasteiger partial charge in [0, 0.05) is 15.7 Å². The maximum Gasteiger partial charge on any atom is 0.373 e. The average molecular weight is 568 g/mol. The predicted octanol–water partition coefficient (Wildman–Crippen LogP) is 4.25. The van der Waals surface area contributed by atoms with Gasteiger partial charge < -0.3 is 24.5 Å². The number of carbonyl (C=O) groups excluding carboxylic acids is 4. The molecule has 0 radical (unpaired) electrons. The maximum atomic E-state index is 12.9. The Morgan fingerprint density at radius 1 is 1.14 bits per heavy atom. The number of halogens is 1. The molecule has 10 nitrogen and oxygen atoms in total. The van der Waals surface area contributed by atoms with Crippen molar-refractivity contribution in [1.29, 1.82) is 0 Å². The van der Waals surface area contributed by atoms with Crippen LogP contribution in [0.1, 0.15) is 27.4 Å². The van der Waals surface area contributed by atoms with Crippen LogP contribution in [0.4, 0.5) is 10.5 Å². The molecule has 0 aliphatic carbocycles. The predicted molar refractivity (Wildman–Crippen MR) is 137 cm³/mol. The number of benzene rings is 2. The third-order valence-electron chi connectivity index (χ3n) is 5.37. The Kier molecular flexibility index (Phi) is 7.73. The molecule has 2 heterocycles. The van der Waals surface area contributed by atoms with Gasteiger partial charge >= 0.3 is 12.0 Å². The number of esters is 1. The summed E-state index contributed by atoms with van der Waals surface area (Å²) in [4.78, 5) is 50.4. The number of hydrogen-bond acceptors (Lipinski definition) is 7. The second-order valence-electron chi connectivity index (χ2n) is 7.97. The van der Waals surface area contributed by atoms with Gasteiger partial charge in [-0.25, -0.2) is 9.59 Å². The fourth-order valence-corrected chi connectivity index (χ4v) is 3.88. The fraction of sp³-hybridized carbons (Fsp3) is 0.154. The van der Waals surface area contributed by atoms with Crippen LogP contribution in [0.5, 0.6) is 5.75 Å². The molecular weight excluding hydrogens is 546 g/mol. The molecule has 2 aromatic carbocycles. The van der Waals surface area contributed by atoms with Crippen molar-refractivity contribution in [1.82, 2.24) is 10.2 Å². The summed E-state index contributed by atoms with van der Waals surface area (Å²) < 4.78 is 16.4.